The fraction of sp³-hybridized carbons (Fsp3) is 0.111. The van der Waals surface area contributed by atoms with Gasteiger partial charge in [-0.05, 0) is 24.3 Å². The van der Waals surface area contributed by atoms with E-state index >= 15 is 0 Å². The lowest BCUT2D eigenvalue weighted by atomic mass is 10.2. The number of hydrogen-bond acceptors (Lipinski definition) is 4. The molecule has 0 saturated heterocycles. The second-order valence-electron chi connectivity index (χ2n) is 5.54. The predicted octanol–water partition coefficient (Wildman–Crippen LogP) is 3.03. The quantitative estimate of drug-likeness (QED) is 0.605. The number of nitrogens with one attached hydrogen (secondary N) is 1. The summed E-state index contributed by atoms with van der Waals surface area (Å²) in [5, 5.41) is 3.86. The Balaban J connectivity index is 1.68. The van der Waals surface area contributed by atoms with E-state index in [1.165, 1.54) is 0 Å². The molecule has 0 unspecified atom stereocenters. The molecule has 0 spiro atoms. The minimum absolute atomic E-state index is 0.102. The number of aromatic nitrogens is 2. The summed E-state index contributed by atoms with van der Waals surface area (Å²) in [6, 6.07) is 13.5. The maximum Gasteiger partial charge on any atom is 0.225 e. The highest BCUT2D eigenvalue weighted by Crippen LogP contribution is 2.27. The minimum Gasteiger partial charge on any atom is -0.454 e. The fourth-order valence-electron chi connectivity index (χ4n) is 2.65. The average molecular weight is 320 g/mol. The molecule has 24 heavy (non-hydrogen) atoms. The van der Waals surface area contributed by atoms with Crippen LogP contribution in [0.2, 0.25) is 0 Å². The van der Waals surface area contributed by atoms with Gasteiger partial charge in [-0.25, -0.2) is 4.98 Å². The van der Waals surface area contributed by atoms with Gasteiger partial charge in [0.05, 0.1) is 5.69 Å². The molecule has 0 aliphatic rings. The van der Waals surface area contributed by atoms with Gasteiger partial charge in [-0.1, -0.05) is 18.2 Å². The van der Waals surface area contributed by atoms with Gasteiger partial charge in [0.25, 0.3) is 0 Å². The van der Waals surface area contributed by atoms with Crippen LogP contribution < -0.4 is 11.1 Å². The van der Waals surface area contributed by atoms with E-state index in [0.717, 1.165) is 22.3 Å². The van der Waals surface area contributed by atoms with E-state index in [9.17, 15) is 4.79 Å². The van der Waals surface area contributed by atoms with Gasteiger partial charge in [0, 0.05) is 30.7 Å². The van der Waals surface area contributed by atoms with Crippen LogP contribution in [0.25, 0.3) is 28.1 Å². The molecule has 0 aliphatic heterocycles. The Bertz CT molecular complexity index is 999. The average Bonchev–Trinajstić information content (AvgIpc) is 3.18. The number of anilines is 1. The zero-order chi connectivity index (χ0) is 16.5. The highest BCUT2D eigenvalue weighted by Gasteiger charge is 2.10. The first-order valence-corrected chi connectivity index (χ1v) is 7.70. The molecule has 3 N–H and O–H groups in total. The Morgan fingerprint density at radius 1 is 1.21 bits per heavy atom. The van der Waals surface area contributed by atoms with E-state index in [-0.39, 0.29) is 5.91 Å². The molecule has 0 saturated carbocycles. The number of hydrogen-bond donors (Lipinski definition) is 2. The standard InChI is InChI=1S/C18H16N4O2/c19-8-7-18(23)20-13-5-6-17-21-14(11-22(17)10-13)16-9-12-3-1-2-4-15(12)24-16/h1-6,9-11H,7-8,19H2,(H,20,23). The number of benzene rings is 1. The topological polar surface area (TPSA) is 85.6 Å². The van der Waals surface area contributed by atoms with Crippen LogP contribution in [-0.2, 0) is 4.79 Å². The molecule has 4 aromatic rings. The van der Waals surface area contributed by atoms with Gasteiger partial charge >= 0.3 is 0 Å². The summed E-state index contributed by atoms with van der Waals surface area (Å²) in [7, 11) is 0. The molecule has 0 aliphatic carbocycles. The van der Waals surface area contributed by atoms with Crippen molar-refractivity contribution in [3.63, 3.8) is 0 Å². The van der Waals surface area contributed by atoms with Crippen LogP contribution in [0.1, 0.15) is 6.42 Å². The van der Waals surface area contributed by atoms with Crippen molar-refractivity contribution < 1.29 is 9.21 Å². The third-order valence-corrected chi connectivity index (χ3v) is 3.78. The summed E-state index contributed by atoms with van der Waals surface area (Å²) in [6.07, 6.45) is 4.00. The van der Waals surface area contributed by atoms with Crippen molar-refractivity contribution in [1.29, 1.82) is 0 Å². The largest absolute Gasteiger partial charge is 0.454 e. The van der Waals surface area contributed by atoms with Crippen LogP contribution in [0.4, 0.5) is 5.69 Å². The van der Waals surface area contributed by atoms with E-state index in [1.807, 2.05) is 59.3 Å². The molecule has 6 nitrogen and oxygen atoms in total. The van der Waals surface area contributed by atoms with E-state index in [4.69, 9.17) is 10.2 Å². The maximum atomic E-state index is 11.6. The van der Waals surface area contributed by atoms with Crippen LogP contribution in [0.15, 0.2) is 59.3 Å². The number of para-hydroxylation sites is 1. The zero-order valence-corrected chi connectivity index (χ0v) is 12.9. The normalized spacial score (nSPS) is 11.2. The third-order valence-electron chi connectivity index (χ3n) is 3.78. The number of imidazole rings is 1. The molecule has 0 fully saturated rings. The predicted molar refractivity (Wildman–Crippen MR) is 92.7 cm³/mol. The third kappa shape index (κ3) is 2.63. The summed E-state index contributed by atoms with van der Waals surface area (Å²) in [5.41, 5.74) is 8.45. The molecule has 1 aromatic carbocycles. The number of carbonyl (C=O) groups is 1. The van der Waals surface area contributed by atoms with Crippen LogP contribution >= 0.6 is 0 Å². The second kappa shape index (κ2) is 5.82. The second-order valence-corrected chi connectivity index (χ2v) is 5.54. The summed E-state index contributed by atoms with van der Waals surface area (Å²) in [6.45, 7) is 0.329. The molecule has 3 aromatic heterocycles. The molecule has 1 amide bonds. The van der Waals surface area contributed by atoms with Crippen molar-refractivity contribution in [2.45, 2.75) is 6.42 Å². The van der Waals surface area contributed by atoms with E-state index in [2.05, 4.69) is 10.3 Å². The Hall–Kier alpha value is -3.12. The molecule has 4 rings (SSSR count). The zero-order valence-electron chi connectivity index (χ0n) is 12.9. The lowest BCUT2D eigenvalue weighted by Gasteiger charge is -2.04. The molecule has 0 radical (unpaired) electrons. The van der Waals surface area contributed by atoms with E-state index < -0.39 is 0 Å². The van der Waals surface area contributed by atoms with E-state index in [1.54, 1.807) is 0 Å². The van der Waals surface area contributed by atoms with Crippen LogP contribution in [0.3, 0.4) is 0 Å². The van der Waals surface area contributed by atoms with Crippen molar-refractivity contribution in [3.05, 3.63) is 54.9 Å². The van der Waals surface area contributed by atoms with Gasteiger partial charge in [-0.2, -0.15) is 0 Å². The molecule has 0 atom stereocenters. The monoisotopic (exact) mass is 320 g/mol. The molecule has 3 heterocycles. The SMILES string of the molecule is NCCC(=O)Nc1ccc2nc(-c3cc4ccccc4o3)cn2c1. The number of amides is 1. The number of fused-ring (bicyclic) bond motifs is 2. The van der Waals surface area contributed by atoms with Gasteiger partial charge < -0.3 is 19.9 Å². The Kier molecular flexibility index (Phi) is 3.51. The summed E-state index contributed by atoms with van der Waals surface area (Å²) < 4.78 is 7.71. The Morgan fingerprint density at radius 2 is 2.08 bits per heavy atom. The number of nitrogens with zero attached hydrogens (tertiary/aromatic N) is 2. The molecule has 6 heteroatoms. The number of rotatable bonds is 4. The van der Waals surface area contributed by atoms with E-state index in [0.29, 0.717) is 24.4 Å². The minimum atomic E-state index is -0.102. The maximum absolute atomic E-state index is 11.6. The number of furan rings is 1. The van der Waals surface area contributed by atoms with Crippen molar-refractivity contribution in [2.75, 3.05) is 11.9 Å². The molecular weight excluding hydrogens is 304 g/mol. The number of carbonyl (C=O) groups excluding carboxylic acids is 1. The highest BCUT2D eigenvalue weighted by atomic mass is 16.3. The number of nitrogens with two attached hydrogens (primary N) is 1. The van der Waals surface area contributed by atoms with Gasteiger partial charge in [-0.3, -0.25) is 4.79 Å². The lowest BCUT2D eigenvalue weighted by Crippen LogP contribution is -2.16. The van der Waals surface area contributed by atoms with Crippen molar-refractivity contribution in [1.82, 2.24) is 9.38 Å². The van der Waals surface area contributed by atoms with Crippen LogP contribution in [0, 0.1) is 0 Å². The first kappa shape index (κ1) is 14.5. The Labute approximate surface area is 137 Å². The fourth-order valence-corrected chi connectivity index (χ4v) is 2.65. The molecule has 0 bridgehead atoms. The van der Waals surface area contributed by atoms with Crippen molar-refractivity contribution in [3.8, 4) is 11.5 Å². The highest BCUT2D eigenvalue weighted by molar-refractivity contribution is 5.90. The van der Waals surface area contributed by atoms with Gasteiger partial charge in [-0.15, -0.1) is 0 Å². The number of pyridine rings is 1. The summed E-state index contributed by atoms with van der Waals surface area (Å²) >= 11 is 0. The smallest absolute Gasteiger partial charge is 0.225 e. The van der Waals surface area contributed by atoms with Gasteiger partial charge in [0.2, 0.25) is 5.91 Å². The van der Waals surface area contributed by atoms with Crippen molar-refractivity contribution in [2.24, 2.45) is 5.73 Å². The first-order chi connectivity index (χ1) is 11.7. The first-order valence-electron chi connectivity index (χ1n) is 7.70. The summed E-state index contributed by atoms with van der Waals surface area (Å²) in [4.78, 5) is 16.2. The van der Waals surface area contributed by atoms with Crippen LogP contribution in [0.5, 0.6) is 0 Å². The molecule has 120 valence electrons. The van der Waals surface area contributed by atoms with Crippen molar-refractivity contribution >= 4 is 28.2 Å². The van der Waals surface area contributed by atoms with Gasteiger partial charge in [0.1, 0.15) is 16.9 Å². The lowest BCUT2D eigenvalue weighted by molar-refractivity contribution is -0.116. The summed E-state index contributed by atoms with van der Waals surface area (Å²) in [5.74, 6) is 0.614. The Morgan fingerprint density at radius 3 is 2.92 bits per heavy atom. The van der Waals surface area contributed by atoms with Crippen LogP contribution in [-0.4, -0.2) is 21.8 Å². The van der Waals surface area contributed by atoms with Gasteiger partial charge in [0.15, 0.2) is 5.76 Å². The molecular formula is C18H16N4O2.